The van der Waals surface area contributed by atoms with Crippen molar-refractivity contribution in [2.75, 3.05) is 0 Å². The molecule has 0 aliphatic rings. The molecule has 2 aromatic carbocycles. The summed E-state index contributed by atoms with van der Waals surface area (Å²) in [7, 11) is 0. The van der Waals surface area contributed by atoms with Crippen LogP contribution in [0.25, 0.3) is 10.6 Å². The summed E-state index contributed by atoms with van der Waals surface area (Å²) in [6.45, 7) is 3.86. The number of benzene rings is 2. The highest BCUT2D eigenvalue weighted by Crippen LogP contribution is 2.27. The number of hydrazone groups is 1. The first-order valence-electron chi connectivity index (χ1n) is 7.56. The molecule has 0 radical (unpaired) electrons. The quantitative estimate of drug-likeness (QED) is 0.574. The second kappa shape index (κ2) is 7.19. The molecule has 0 bridgehead atoms. The Morgan fingerprint density at radius 1 is 1.08 bits per heavy atom. The monoisotopic (exact) mass is 335 g/mol. The van der Waals surface area contributed by atoms with Gasteiger partial charge in [0.25, 0.3) is 5.91 Å². The van der Waals surface area contributed by atoms with Gasteiger partial charge in [0.1, 0.15) is 9.88 Å². The minimum absolute atomic E-state index is 0.240. The van der Waals surface area contributed by atoms with E-state index in [1.165, 1.54) is 16.9 Å². The molecule has 0 saturated heterocycles. The largest absolute Gasteiger partial charge is 0.283 e. The van der Waals surface area contributed by atoms with Crippen molar-refractivity contribution < 1.29 is 4.79 Å². The zero-order valence-electron chi connectivity index (χ0n) is 13.5. The first kappa shape index (κ1) is 16.1. The number of rotatable bonds is 4. The van der Waals surface area contributed by atoms with E-state index in [9.17, 15) is 4.79 Å². The third-order valence-electron chi connectivity index (χ3n) is 3.48. The van der Waals surface area contributed by atoms with Gasteiger partial charge in [0.05, 0.1) is 11.9 Å². The highest BCUT2D eigenvalue weighted by molar-refractivity contribution is 7.17. The number of carbonyl (C=O) groups is 1. The summed E-state index contributed by atoms with van der Waals surface area (Å²) in [6.07, 6.45) is 1.63. The van der Waals surface area contributed by atoms with Crippen LogP contribution < -0.4 is 5.43 Å². The van der Waals surface area contributed by atoms with Gasteiger partial charge < -0.3 is 0 Å². The van der Waals surface area contributed by atoms with Crippen LogP contribution in [-0.4, -0.2) is 17.1 Å². The first-order chi connectivity index (χ1) is 11.6. The SMILES string of the molecule is Cc1ccc(/C=N/NC(=O)c2sc(-c3ccccc3)nc2C)cc1. The third-order valence-corrected chi connectivity index (χ3v) is 4.69. The Hall–Kier alpha value is -2.79. The number of aromatic nitrogens is 1. The minimum atomic E-state index is -0.240. The Bertz CT molecular complexity index is 867. The molecule has 1 amide bonds. The number of hydrogen-bond acceptors (Lipinski definition) is 4. The van der Waals surface area contributed by atoms with E-state index < -0.39 is 0 Å². The molecule has 1 N–H and O–H groups in total. The molecule has 0 atom stereocenters. The molecule has 5 heteroatoms. The van der Waals surface area contributed by atoms with E-state index in [2.05, 4.69) is 15.5 Å². The maximum absolute atomic E-state index is 12.3. The number of aryl methyl sites for hydroxylation is 2. The van der Waals surface area contributed by atoms with Gasteiger partial charge in [-0.05, 0) is 19.4 Å². The average Bonchev–Trinajstić information content (AvgIpc) is 2.99. The lowest BCUT2D eigenvalue weighted by atomic mass is 10.2. The van der Waals surface area contributed by atoms with Crippen LogP contribution in [0.5, 0.6) is 0 Å². The normalized spacial score (nSPS) is 10.9. The van der Waals surface area contributed by atoms with Gasteiger partial charge in [-0.3, -0.25) is 4.79 Å². The standard InChI is InChI=1S/C19H17N3OS/c1-13-8-10-15(11-9-13)12-20-22-18(23)17-14(2)21-19(24-17)16-6-4-3-5-7-16/h3-12H,1-2H3,(H,22,23)/b20-12+. The van der Waals surface area contributed by atoms with E-state index in [1.807, 2.05) is 68.4 Å². The molecule has 0 aliphatic heterocycles. The highest BCUT2D eigenvalue weighted by Gasteiger charge is 2.15. The summed E-state index contributed by atoms with van der Waals surface area (Å²) < 4.78 is 0. The molecule has 0 spiro atoms. The van der Waals surface area contributed by atoms with Gasteiger partial charge in [0.2, 0.25) is 0 Å². The fraction of sp³-hybridized carbons (Fsp3) is 0.105. The smallest absolute Gasteiger partial charge is 0.266 e. The highest BCUT2D eigenvalue weighted by atomic mass is 32.1. The van der Waals surface area contributed by atoms with Gasteiger partial charge >= 0.3 is 0 Å². The van der Waals surface area contributed by atoms with Gasteiger partial charge in [-0.15, -0.1) is 11.3 Å². The Balaban J connectivity index is 1.71. The summed E-state index contributed by atoms with van der Waals surface area (Å²) in [6, 6.07) is 17.7. The first-order valence-corrected chi connectivity index (χ1v) is 8.38. The third kappa shape index (κ3) is 3.75. The summed E-state index contributed by atoms with van der Waals surface area (Å²) in [5, 5.41) is 4.86. The summed E-state index contributed by atoms with van der Waals surface area (Å²) >= 11 is 1.37. The van der Waals surface area contributed by atoms with Crippen LogP contribution in [0.1, 0.15) is 26.5 Å². The van der Waals surface area contributed by atoms with Crippen LogP contribution in [0.15, 0.2) is 59.7 Å². The molecule has 24 heavy (non-hydrogen) atoms. The average molecular weight is 335 g/mol. The number of nitrogens with zero attached hydrogens (tertiary/aromatic N) is 2. The Morgan fingerprint density at radius 2 is 1.79 bits per heavy atom. The molecular formula is C19H17N3OS. The molecule has 0 aliphatic carbocycles. The molecule has 0 unspecified atom stereocenters. The van der Waals surface area contributed by atoms with Crippen LogP contribution in [0.2, 0.25) is 0 Å². The van der Waals surface area contributed by atoms with E-state index in [-0.39, 0.29) is 5.91 Å². The predicted octanol–water partition coefficient (Wildman–Crippen LogP) is 4.19. The molecule has 0 saturated carbocycles. The lowest BCUT2D eigenvalue weighted by Gasteiger charge is -1.97. The lowest BCUT2D eigenvalue weighted by molar-refractivity contribution is 0.0958. The van der Waals surface area contributed by atoms with E-state index in [0.29, 0.717) is 10.6 Å². The second-order valence-electron chi connectivity index (χ2n) is 5.41. The fourth-order valence-corrected chi connectivity index (χ4v) is 3.14. The fourth-order valence-electron chi connectivity index (χ4n) is 2.18. The molecule has 0 fully saturated rings. The van der Waals surface area contributed by atoms with Gasteiger partial charge in [0.15, 0.2) is 0 Å². The van der Waals surface area contributed by atoms with Gasteiger partial charge in [-0.1, -0.05) is 60.2 Å². The van der Waals surface area contributed by atoms with Crippen LogP contribution >= 0.6 is 11.3 Å². The predicted molar refractivity (Wildman–Crippen MR) is 98.5 cm³/mol. The zero-order valence-corrected chi connectivity index (χ0v) is 14.3. The molecule has 1 heterocycles. The summed E-state index contributed by atoms with van der Waals surface area (Å²) in [5.74, 6) is -0.240. The lowest BCUT2D eigenvalue weighted by Crippen LogP contribution is -2.17. The van der Waals surface area contributed by atoms with Crippen molar-refractivity contribution >= 4 is 23.5 Å². The Morgan fingerprint density at radius 3 is 2.50 bits per heavy atom. The van der Waals surface area contributed by atoms with Crippen LogP contribution in [0, 0.1) is 13.8 Å². The van der Waals surface area contributed by atoms with Crippen molar-refractivity contribution in [3.8, 4) is 10.6 Å². The van der Waals surface area contributed by atoms with Crippen LogP contribution in [-0.2, 0) is 0 Å². The van der Waals surface area contributed by atoms with Gasteiger partial charge in [-0.2, -0.15) is 5.10 Å². The van der Waals surface area contributed by atoms with Gasteiger partial charge in [0, 0.05) is 5.56 Å². The molecular weight excluding hydrogens is 318 g/mol. The minimum Gasteiger partial charge on any atom is -0.266 e. The Kier molecular flexibility index (Phi) is 4.82. The number of amides is 1. The molecule has 4 nitrogen and oxygen atoms in total. The maximum Gasteiger partial charge on any atom is 0.283 e. The second-order valence-corrected chi connectivity index (χ2v) is 6.41. The summed E-state index contributed by atoms with van der Waals surface area (Å²) in [5.41, 5.74) is 6.41. The number of thiazole rings is 1. The van der Waals surface area contributed by atoms with Crippen molar-refractivity contribution in [2.24, 2.45) is 5.10 Å². The van der Waals surface area contributed by atoms with E-state index in [0.717, 1.165) is 16.1 Å². The Labute approximate surface area is 144 Å². The molecule has 1 aromatic heterocycles. The van der Waals surface area contributed by atoms with Crippen LogP contribution in [0.3, 0.4) is 0 Å². The molecule has 3 aromatic rings. The van der Waals surface area contributed by atoms with Crippen molar-refractivity contribution in [1.82, 2.24) is 10.4 Å². The van der Waals surface area contributed by atoms with Crippen molar-refractivity contribution in [1.29, 1.82) is 0 Å². The zero-order chi connectivity index (χ0) is 16.9. The van der Waals surface area contributed by atoms with E-state index in [1.54, 1.807) is 6.21 Å². The summed E-state index contributed by atoms with van der Waals surface area (Å²) in [4.78, 5) is 17.4. The van der Waals surface area contributed by atoms with Crippen LogP contribution in [0.4, 0.5) is 0 Å². The van der Waals surface area contributed by atoms with Crippen molar-refractivity contribution in [3.63, 3.8) is 0 Å². The van der Waals surface area contributed by atoms with Crippen molar-refractivity contribution in [3.05, 3.63) is 76.3 Å². The number of nitrogens with one attached hydrogen (secondary N) is 1. The van der Waals surface area contributed by atoms with Crippen molar-refractivity contribution in [2.45, 2.75) is 13.8 Å². The number of carbonyl (C=O) groups excluding carboxylic acids is 1. The van der Waals surface area contributed by atoms with E-state index in [4.69, 9.17) is 0 Å². The maximum atomic E-state index is 12.3. The number of hydrogen-bond donors (Lipinski definition) is 1. The van der Waals surface area contributed by atoms with E-state index >= 15 is 0 Å². The molecule has 3 rings (SSSR count). The molecule has 120 valence electrons. The topological polar surface area (TPSA) is 54.4 Å². The van der Waals surface area contributed by atoms with Gasteiger partial charge in [-0.25, -0.2) is 10.4 Å².